The minimum atomic E-state index is -4.22. The topological polar surface area (TPSA) is 96.0 Å². The molecule has 0 spiro atoms. The Morgan fingerprint density at radius 1 is 0.818 bits per heavy atom. The lowest BCUT2D eigenvalue weighted by molar-refractivity contribution is -0.140. The summed E-state index contributed by atoms with van der Waals surface area (Å²) in [6, 6.07) is 30.4. The molecule has 0 fully saturated rings. The van der Waals surface area contributed by atoms with Gasteiger partial charge in [0.1, 0.15) is 18.3 Å². The van der Waals surface area contributed by atoms with Crippen LogP contribution >= 0.6 is 15.9 Å². The van der Waals surface area contributed by atoms with Gasteiger partial charge in [0.05, 0.1) is 17.7 Å². The molecule has 0 unspecified atom stereocenters. The van der Waals surface area contributed by atoms with Crippen molar-refractivity contribution in [3.05, 3.63) is 125 Å². The summed E-state index contributed by atoms with van der Waals surface area (Å²) < 4.78 is 35.7. The lowest BCUT2D eigenvalue weighted by Crippen LogP contribution is -2.54. The van der Waals surface area contributed by atoms with Gasteiger partial charge >= 0.3 is 0 Å². The van der Waals surface area contributed by atoms with Crippen LogP contribution in [0.2, 0.25) is 0 Å². The molecule has 0 saturated heterocycles. The SMILES string of the molecule is COc1ccccc1N(CC(=O)N(Cc1ccc(Br)cc1)[C@H](Cc1ccccc1)C(=O)NC(C)C)S(=O)(=O)c1ccccc1. The molecule has 0 heterocycles. The van der Waals surface area contributed by atoms with Crippen LogP contribution in [0.25, 0.3) is 0 Å². The Kier molecular flexibility index (Phi) is 11.2. The minimum Gasteiger partial charge on any atom is -0.495 e. The zero-order valence-electron chi connectivity index (χ0n) is 24.9. The number of ether oxygens (including phenoxy) is 1. The number of rotatable bonds is 13. The van der Waals surface area contributed by atoms with Gasteiger partial charge in [0.25, 0.3) is 10.0 Å². The van der Waals surface area contributed by atoms with E-state index in [-0.39, 0.29) is 41.2 Å². The molecule has 4 aromatic carbocycles. The minimum absolute atomic E-state index is 0.0246. The highest BCUT2D eigenvalue weighted by Crippen LogP contribution is 2.32. The van der Waals surface area contributed by atoms with Crippen LogP contribution < -0.4 is 14.4 Å². The van der Waals surface area contributed by atoms with E-state index in [0.717, 1.165) is 19.9 Å². The van der Waals surface area contributed by atoms with Crippen molar-refractivity contribution in [2.45, 2.75) is 43.8 Å². The molecule has 0 aliphatic rings. The molecule has 0 saturated carbocycles. The second-order valence-corrected chi connectivity index (χ2v) is 13.3. The highest BCUT2D eigenvalue weighted by molar-refractivity contribution is 9.10. The zero-order valence-corrected chi connectivity index (χ0v) is 27.3. The summed E-state index contributed by atoms with van der Waals surface area (Å²) in [4.78, 5) is 29.7. The predicted molar refractivity (Wildman–Crippen MR) is 176 cm³/mol. The smallest absolute Gasteiger partial charge is 0.264 e. The van der Waals surface area contributed by atoms with E-state index >= 15 is 0 Å². The highest BCUT2D eigenvalue weighted by atomic mass is 79.9. The summed E-state index contributed by atoms with van der Waals surface area (Å²) in [7, 11) is -2.77. The maximum absolute atomic E-state index is 14.5. The first kappa shape index (κ1) is 32.8. The van der Waals surface area contributed by atoms with Crippen LogP contribution in [0.3, 0.4) is 0 Å². The molecule has 10 heteroatoms. The van der Waals surface area contributed by atoms with Crippen molar-refractivity contribution in [1.29, 1.82) is 0 Å². The number of halogens is 1. The molecule has 0 aromatic heterocycles. The number of benzene rings is 4. The molecule has 1 N–H and O–H groups in total. The third kappa shape index (κ3) is 8.27. The Balaban J connectivity index is 1.82. The lowest BCUT2D eigenvalue weighted by atomic mass is 10.0. The van der Waals surface area contributed by atoms with Crippen LogP contribution in [0.5, 0.6) is 5.75 Å². The van der Waals surface area contributed by atoms with Crippen molar-refractivity contribution in [2.75, 3.05) is 18.0 Å². The van der Waals surface area contributed by atoms with Gasteiger partial charge in [0.2, 0.25) is 11.8 Å². The van der Waals surface area contributed by atoms with Gasteiger partial charge in [-0.3, -0.25) is 13.9 Å². The zero-order chi connectivity index (χ0) is 31.7. The summed E-state index contributed by atoms with van der Waals surface area (Å²) in [6.07, 6.45) is 0.238. The van der Waals surface area contributed by atoms with Gasteiger partial charge in [-0.25, -0.2) is 8.42 Å². The molecule has 230 valence electrons. The fourth-order valence-corrected chi connectivity index (χ4v) is 6.50. The number of nitrogens with one attached hydrogen (secondary N) is 1. The van der Waals surface area contributed by atoms with E-state index in [0.29, 0.717) is 0 Å². The second-order valence-electron chi connectivity index (χ2n) is 10.5. The first-order valence-electron chi connectivity index (χ1n) is 14.2. The summed E-state index contributed by atoms with van der Waals surface area (Å²) >= 11 is 3.45. The molecule has 0 radical (unpaired) electrons. The fourth-order valence-electron chi connectivity index (χ4n) is 4.79. The Morgan fingerprint density at radius 2 is 1.41 bits per heavy atom. The molecule has 44 heavy (non-hydrogen) atoms. The van der Waals surface area contributed by atoms with E-state index in [2.05, 4.69) is 21.2 Å². The maximum Gasteiger partial charge on any atom is 0.264 e. The second kappa shape index (κ2) is 15.0. The number of anilines is 1. The number of hydrogen-bond donors (Lipinski definition) is 1. The van der Waals surface area contributed by atoms with Crippen molar-refractivity contribution >= 4 is 43.5 Å². The Bertz CT molecular complexity index is 1650. The standard InChI is InChI=1S/C34H36BrN3O5S/c1-25(2)36-34(40)31(22-26-12-6-4-7-13-26)37(23-27-18-20-28(35)21-19-27)33(39)24-38(30-16-10-11-17-32(30)43-3)44(41,42)29-14-8-5-9-15-29/h4-21,25,31H,22-24H2,1-3H3,(H,36,40)/t31-/m1/s1. The summed E-state index contributed by atoms with van der Waals surface area (Å²) in [5.74, 6) is -0.583. The highest BCUT2D eigenvalue weighted by Gasteiger charge is 2.35. The average Bonchev–Trinajstić information content (AvgIpc) is 3.02. The van der Waals surface area contributed by atoms with Crippen molar-refractivity contribution in [2.24, 2.45) is 0 Å². The quantitative estimate of drug-likeness (QED) is 0.193. The van der Waals surface area contributed by atoms with Crippen LogP contribution in [0.15, 0.2) is 119 Å². The van der Waals surface area contributed by atoms with Crippen LogP contribution in [-0.4, -0.2) is 50.9 Å². The van der Waals surface area contributed by atoms with Gasteiger partial charge in [-0.2, -0.15) is 0 Å². The van der Waals surface area contributed by atoms with Crippen LogP contribution in [0.4, 0.5) is 5.69 Å². The number of sulfonamides is 1. The summed E-state index contributed by atoms with van der Waals surface area (Å²) in [5, 5.41) is 2.96. The van der Waals surface area contributed by atoms with E-state index in [1.807, 2.05) is 68.4 Å². The number of amides is 2. The molecule has 0 aliphatic carbocycles. The van der Waals surface area contributed by atoms with Crippen molar-refractivity contribution in [3.63, 3.8) is 0 Å². The Morgan fingerprint density at radius 3 is 2.02 bits per heavy atom. The number of para-hydroxylation sites is 2. The lowest BCUT2D eigenvalue weighted by Gasteiger charge is -2.34. The van der Waals surface area contributed by atoms with Crippen molar-refractivity contribution in [1.82, 2.24) is 10.2 Å². The Hall–Kier alpha value is -4.15. The van der Waals surface area contributed by atoms with Gasteiger partial charge in [-0.15, -0.1) is 0 Å². The maximum atomic E-state index is 14.5. The van der Waals surface area contributed by atoms with Gasteiger partial charge in [-0.1, -0.05) is 88.7 Å². The number of nitrogens with zero attached hydrogens (tertiary/aromatic N) is 2. The molecule has 1 atom stereocenters. The molecule has 0 bridgehead atoms. The average molecular weight is 679 g/mol. The molecular weight excluding hydrogens is 642 g/mol. The first-order chi connectivity index (χ1) is 21.1. The molecule has 4 rings (SSSR count). The molecule has 4 aromatic rings. The molecule has 8 nitrogen and oxygen atoms in total. The number of methoxy groups -OCH3 is 1. The first-order valence-corrected chi connectivity index (χ1v) is 16.4. The van der Waals surface area contributed by atoms with Crippen LogP contribution in [0.1, 0.15) is 25.0 Å². The van der Waals surface area contributed by atoms with E-state index in [1.165, 1.54) is 24.1 Å². The molecule has 2 amide bonds. The number of carbonyl (C=O) groups excluding carboxylic acids is 2. The molecule has 0 aliphatic heterocycles. The normalized spacial score (nSPS) is 11.9. The summed E-state index contributed by atoms with van der Waals surface area (Å²) in [6.45, 7) is 3.23. The predicted octanol–water partition coefficient (Wildman–Crippen LogP) is 5.82. The van der Waals surface area contributed by atoms with Gasteiger partial charge < -0.3 is 15.0 Å². The van der Waals surface area contributed by atoms with Crippen molar-refractivity contribution in [3.8, 4) is 5.75 Å². The summed E-state index contributed by atoms with van der Waals surface area (Å²) in [5.41, 5.74) is 1.86. The number of hydrogen-bond acceptors (Lipinski definition) is 5. The van der Waals surface area contributed by atoms with Crippen molar-refractivity contribution < 1.29 is 22.7 Å². The third-order valence-corrected chi connectivity index (χ3v) is 9.23. The van der Waals surface area contributed by atoms with Crippen LogP contribution in [0, 0.1) is 0 Å². The van der Waals surface area contributed by atoms with E-state index in [4.69, 9.17) is 4.74 Å². The van der Waals surface area contributed by atoms with Gasteiger partial charge in [-0.05, 0) is 61.4 Å². The largest absolute Gasteiger partial charge is 0.495 e. The fraction of sp³-hybridized carbons (Fsp3) is 0.235. The molecular formula is C34H36BrN3O5S. The van der Waals surface area contributed by atoms with E-state index in [9.17, 15) is 18.0 Å². The van der Waals surface area contributed by atoms with Crippen LogP contribution in [-0.2, 0) is 32.6 Å². The third-order valence-electron chi connectivity index (χ3n) is 6.93. The van der Waals surface area contributed by atoms with Gasteiger partial charge in [0.15, 0.2) is 0 Å². The van der Waals surface area contributed by atoms with Gasteiger partial charge in [0, 0.05) is 23.5 Å². The number of carbonyl (C=O) groups is 2. The Labute approximate surface area is 267 Å². The monoisotopic (exact) mass is 677 g/mol. The van der Waals surface area contributed by atoms with E-state index in [1.54, 1.807) is 42.5 Å². The van der Waals surface area contributed by atoms with E-state index < -0.39 is 28.5 Å².